The zero-order chi connectivity index (χ0) is 17.9. The highest BCUT2D eigenvalue weighted by molar-refractivity contribution is 6.03. The Hall–Kier alpha value is -1.92. The van der Waals surface area contributed by atoms with E-state index in [2.05, 4.69) is 0 Å². The Balaban J connectivity index is 5.18. The number of Topliss-reactive ketones (excluding diaryl/α,β-unsaturated/α-hetero) is 1. The van der Waals surface area contributed by atoms with E-state index in [1.807, 2.05) is 0 Å². The van der Waals surface area contributed by atoms with Crippen LogP contribution in [-0.4, -0.2) is 43.5 Å². The van der Waals surface area contributed by atoms with Gasteiger partial charge in [-0.25, -0.2) is 0 Å². The van der Waals surface area contributed by atoms with Gasteiger partial charge in [-0.3, -0.25) is 19.2 Å². The molecule has 0 aromatic carbocycles. The van der Waals surface area contributed by atoms with Crippen molar-refractivity contribution in [3.8, 4) is 0 Å². The molecule has 0 rings (SSSR count). The van der Waals surface area contributed by atoms with Crippen LogP contribution in [0.1, 0.15) is 53.4 Å². The third-order valence-electron chi connectivity index (χ3n) is 3.46. The smallest absolute Gasteiger partial charge is 0.319 e. The number of ether oxygens (including phenoxy) is 3. The Morgan fingerprint density at radius 2 is 1.13 bits per heavy atom. The van der Waals surface area contributed by atoms with Crippen molar-refractivity contribution in [1.82, 2.24) is 0 Å². The minimum atomic E-state index is -1.53. The van der Waals surface area contributed by atoms with Crippen LogP contribution in [0.15, 0.2) is 0 Å². The lowest BCUT2D eigenvalue weighted by Gasteiger charge is -2.28. The molecule has 0 unspecified atom stereocenters. The molecule has 0 N–H and O–H groups in total. The number of carbonyl (C=O) groups is 4. The Morgan fingerprint density at radius 3 is 1.43 bits per heavy atom. The Morgan fingerprint density at radius 1 is 0.739 bits per heavy atom. The summed E-state index contributed by atoms with van der Waals surface area (Å²) in [5.41, 5.74) is -1.53. The van der Waals surface area contributed by atoms with Crippen LogP contribution in [0.2, 0.25) is 0 Å². The summed E-state index contributed by atoms with van der Waals surface area (Å²) >= 11 is 0. The number of carbonyl (C=O) groups excluding carboxylic acids is 4. The number of ketones is 1. The summed E-state index contributed by atoms with van der Waals surface area (Å²) in [6.45, 7) is 6.76. The van der Waals surface area contributed by atoms with Crippen LogP contribution in [0.5, 0.6) is 0 Å². The summed E-state index contributed by atoms with van der Waals surface area (Å²) in [4.78, 5) is 47.5. The molecule has 0 spiro atoms. The normalized spacial score (nSPS) is 10.8. The van der Waals surface area contributed by atoms with E-state index in [9.17, 15) is 19.2 Å². The van der Waals surface area contributed by atoms with Gasteiger partial charge in [0.2, 0.25) is 0 Å². The quantitative estimate of drug-likeness (QED) is 0.324. The molecule has 7 heteroatoms. The molecule has 23 heavy (non-hydrogen) atoms. The van der Waals surface area contributed by atoms with Gasteiger partial charge in [-0.1, -0.05) is 0 Å². The highest BCUT2D eigenvalue weighted by Crippen LogP contribution is 2.33. The first-order valence-corrected chi connectivity index (χ1v) is 7.83. The summed E-state index contributed by atoms with van der Waals surface area (Å²) in [5, 5.41) is 0. The molecule has 0 heterocycles. The van der Waals surface area contributed by atoms with Crippen molar-refractivity contribution in [2.24, 2.45) is 5.41 Å². The molecule has 0 aliphatic carbocycles. The van der Waals surface area contributed by atoms with Gasteiger partial charge in [0.15, 0.2) is 0 Å². The SMILES string of the molecule is CCOC(=O)CCC(CCC(=O)OCC)(C(C)=O)C(=O)OCC. The average molecular weight is 330 g/mol. The van der Waals surface area contributed by atoms with Crippen molar-refractivity contribution in [1.29, 1.82) is 0 Å². The van der Waals surface area contributed by atoms with Crippen LogP contribution in [0.4, 0.5) is 0 Å². The lowest BCUT2D eigenvalue weighted by atomic mass is 9.75. The number of esters is 3. The van der Waals surface area contributed by atoms with Crippen LogP contribution in [0.25, 0.3) is 0 Å². The standard InChI is InChI=1S/C16H26O7/c1-5-21-13(18)8-10-16(12(4)17,15(20)23-7-3)11-9-14(19)22-6-2/h5-11H2,1-4H3. The molecule has 0 aliphatic heterocycles. The fraction of sp³-hybridized carbons (Fsp3) is 0.750. The predicted molar refractivity (Wildman–Crippen MR) is 81.5 cm³/mol. The first kappa shape index (κ1) is 21.1. The lowest BCUT2D eigenvalue weighted by Crippen LogP contribution is -2.40. The first-order valence-electron chi connectivity index (χ1n) is 7.83. The monoisotopic (exact) mass is 330 g/mol. The largest absolute Gasteiger partial charge is 0.466 e. The highest BCUT2D eigenvalue weighted by atomic mass is 16.5. The maximum absolute atomic E-state index is 12.3. The number of hydrogen-bond donors (Lipinski definition) is 0. The van der Waals surface area contributed by atoms with Crippen molar-refractivity contribution in [2.45, 2.75) is 53.4 Å². The second-order valence-electron chi connectivity index (χ2n) is 4.97. The van der Waals surface area contributed by atoms with Gasteiger partial charge in [0.25, 0.3) is 0 Å². The van der Waals surface area contributed by atoms with Crippen molar-refractivity contribution in [2.75, 3.05) is 19.8 Å². The zero-order valence-electron chi connectivity index (χ0n) is 14.3. The lowest BCUT2D eigenvalue weighted by molar-refractivity contribution is -0.162. The summed E-state index contributed by atoms with van der Waals surface area (Å²) in [6.07, 6.45) is -0.317. The van der Waals surface area contributed by atoms with Crippen molar-refractivity contribution in [3.63, 3.8) is 0 Å². The molecule has 0 aromatic rings. The third kappa shape index (κ3) is 6.80. The Bertz CT molecular complexity index is 406. The topological polar surface area (TPSA) is 96.0 Å². The fourth-order valence-electron chi connectivity index (χ4n) is 2.19. The predicted octanol–water partition coefficient (Wildman–Crippen LogP) is 1.81. The van der Waals surface area contributed by atoms with Crippen molar-refractivity contribution >= 4 is 23.7 Å². The molecule has 0 radical (unpaired) electrons. The zero-order valence-corrected chi connectivity index (χ0v) is 14.3. The van der Waals surface area contributed by atoms with Gasteiger partial charge < -0.3 is 14.2 Å². The summed E-state index contributed by atoms with van der Waals surface area (Å²) in [7, 11) is 0. The average Bonchev–Trinajstić information content (AvgIpc) is 2.48. The first-order chi connectivity index (χ1) is 10.8. The van der Waals surface area contributed by atoms with Crippen molar-refractivity contribution in [3.05, 3.63) is 0 Å². The number of rotatable bonds is 11. The molecular weight excluding hydrogens is 304 g/mol. The Kier molecular flexibility index (Phi) is 9.85. The van der Waals surface area contributed by atoms with Gasteiger partial charge in [-0.05, 0) is 40.5 Å². The van der Waals surface area contributed by atoms with Gasteiger partial charge in [-0.15, -0.1) is 0 Å². The minimum Gasteiger partial charge on any atom is -0.466 e. The molecular formula is C16H26O7. The fourth-order valence-corrected chi connectivity index (χ4v) is 2.19. The summed E-state index contributed by atoms with van der Waals surface area (Å²) in [6, 6.07) is 0. The second-order valence-corrected chi connectivity index (χ2v) is 4.97. The van der Waals surface area contributed by atoms with Crippen LogP contribution in [0.3, 0.4) is 0 Å². The van der Waals surface area contributed by atoms with Gasteiger partial charge in [0.05, 0.1) is 19.8 Å². The molecule has 0 fully saturated rings. The maximum atomic E-state index is 12.3. The molecule has 0 aromatic heterocycles. The number of hydrogen-bond acceptors (Lipinski definition) is 7. The Labute approximate surface area is 136 Å². The minimum absolute atomic E-state index is 0.0561. The molecule has 0 saturated heterocycles. The van der Waals surface area contributed by atoms with Crippen LogP contribution in [-0.2, 0) is 33.4 Å². The van der Waals surface area contributed by atoms with Crippen LogP contribution >= 0.6 is 0 Å². The molecule has 0 saturated carbocycles. The van der Waals surface area contributed by atoms with Gasteiger partial charge in [0, 0.05) is 12.8 Å². The van der Waals surface area contributed by atoms with E-state index >= 15 is 0 Å². The molecule has 132 valence electrons. The van der Waals surface area contributed by atoms with Crippen LogP contribution < -0.4 is 0 Å². The van der Waals surface area contributed by atoms with Crippen molar-refractivity contribution < 1.29 is 33.4 Å². The maximum Gasteiger partial charge on any atom is 0.319 e. The van der Waals surface area contributed by atoms with Gasteiger partial charge >= 0.3 is 17.9 Å². The van der Waals surface area contributed by atoms with E-state index in [1.165, 1.54) is 6.92 Å². The highest BCUT2D eigenvalue weighted by Gasteiger charge is 2.45. The van der Waals surface area contributed by atoms with E-state index in [1.54, 1.807) is 20.8 Å². The van der Waals surface area contributed by atoms with E-state index < -0.39 is 29.1 Å². The molecule has 0 aliphatic rings. The molecule has 7 nitrogen and oxygen atoms in total. The summed E-state index contributed by atoms with van der Waals surface area (Å²) in [5.74, 6) is -2.16. The molecule has 0 amide bonds. The van der Waals surface area contributed by atoms with E-state index in [-0.39, 0.29) is 45.5 Å². The van der Waals surface area contributed by atoms with Gasteiger partial charge in [-0.2, -0.15) is 0 Å². The van der Waals surface area contributed by atoms with E-state index in [4.69, 9.17) is 14.2 Å². The second kappa shape index (κ2) is 10.7. The van der Waals surface area contributed by atoms with Crippen LogP contribution in [0, 0.1) is 5.41 Å². The third-order valence-corrected chi connectivity index (χ3v) is 3.46. The summed E-state index contributed by atoms with van der Waals surface area (Å²) < 4.78 is 14.6. The van der Waals surface area contributed by atoms with E-state index in [0.29, 0.717) is 0 Å². The molecule has 0 bridgehead atoms. The van der Waals surface area contributed by atoms with Gasteiger partial charge in [0.1, 0.15) is 11.2 Å². The molecule has 0 atom stereocenters. The van der Waals surface area contributed by atoms with E-state index in [0.717, 1.165) is 0 Å².